The van der Waals surface area contributed by atoms with E-state index in [4.69, 9.17) is 14.3 Å². The Hall–Kier alpha value is -2.76. The van der Waals surface area contributed by atoms with Crippen LogP contribution in [-0.4, -0.2) is 49.9 Å². The highest BCUT2D eigenvalue weighted by molar-refractivity contribution is 7.92. The smallest absolute Gasteiger partial charge is 0.264 e. The van der Waals surface area contributed by atoms with Gasteiger partial charge in [-0.15, -0.1) is 0 Å². The Bertz CT molecular complexity index is 1190. The molecule has 1 aliphatic rings. The summed E-state index contributed by atoms with van der Waals surface area (Å²) < 4.78 is 49.5. The fraction of sp³-hybridized carbons (Fsp3) is 0.478. The summed E-state index contributed by atoms with van der Waals surface area (Å²) in [5.74, 6) is -1.04. The summed E-state index contributed by atoms with van der Waals surface area (Å²) in [6.07, 6.45) is 3.33. The number of carbonyl (C=O) groups excluding carboxylic acids is 1. The molecule has 0 bridgehead atoms. The molecule has 1 saturated heterocycles. The number of aromatic nitrogens is 1. The van der Waals surface area contributed by atoms with Crippen molar-refractivity contribution in [3.8, 4) is 16.9 Å². The zero-order valence-corrected chi connectivity index (χ0v) is 20.2. The third-order valence-corrected chi connectivity index (χ3v) is 8.03. The second-order valence-corrected chi connectivity index (χ2v) is 10.8. The molecular formula is C23H29FN2O7S. The SMILES string of the molecule is COc1cccc(-c2cc(=O)n(CC[C@](C)(C(=O)NOC3CCCCO3)S(C)(=O)=O)cc2F)c1. The molecule has 1 fully saturated rings. The summed E-state index contributed by atoms with van der Waals surface area (Å²) in [6, 6.07) is 7.75. The van der Waals surface area contributed by atoms with Gasteiger partial charge < -0.3 is 14.0 Å². The largest absolute Gasteiger partial charge is 0.497 e. The van der Waals surface area contributed by atoms with Crippen LogP contribution >= 0.6 is 0 Å². The van der Waals surface area contributed by atoms with Gasteiger partial charge in [0.15, 0.2) is 20.9 Å². The number of sulfone groups is 1. The molecule has 34 heavy (non-hydrogen) atoms. The second-order valence-electron chi connectivity index (χ2n) is 8.40. The van der Waals surface area contributed by atoms with Crippen molar-refractivity contribution in [2.75, 3.05) is 20.0 Å². The Labute approximate surface area is 197 Å². The highest BCUT2D eigenvalue weighted by Gasteiger charge is 2.44. The van der Waals surface area contributed by atoms with Gasteiger partial charge in [-0.3, -0.25) is 9.59 Å². The maximum absolute atomic E-state index is 14.9. The molecule has 1 aromatic carbocycles. The number of halogens is 1. The number of hydrogen-bond donors (Lipinski definition) is 1. The summed E-state index contributed by atoms with van der Waals surface area (Å²) >= 11 is 0. The molecule has 0 aliphatic carbocycles. The van der Waals surface area contributed by atoms with Gasteiger partial charge in [0.05, 0.1) is 7.11 Å². The molecule has 1 aliphatic heterocycles. The van der Waals surface area contributed by atoms with Crippen molar-refractivity contribution in [1.29, 1.82) is 0 Å². The molecule has 1 unspecified atom stereocenters. The van der Waals surface area contributed by atoms with Crippen LogP contribution in [0.2, 0.25) is 0 Å². The van der Waals surface area contributed by atoms with Crippen LogP contribution in [0.1, 0.15) is 32.6 Å². The van der Waals surface area contributed by atoms with Gasteiger partial charge in [0.25, 0.3) is 11.5 Å². The Morgan fingerprint density at radius 2 is 2.09 bits per heavy atom. The monoisotopic (exact) mass is 496 g/mol. The molecule has 2 aromatic rings. The number of benzene rings is 1. The second kappa shape index (κ2) is 10.7. The van der Waals surface area contributed by atoms with Crippen molar-refractivity contribution >= 4 is 15.7 Å². The van der Waals surface area contributed by atoms with Crippen LogP contribution in [0.3, 0.4) is 0 Å². The van der Waals surface area contributed by atoms with Gasteiger partial charge in [0.1, 0.15) is 11.6 Å². The van der Waals surface area contributed by atoms with Crippen LogP contribution < -0.4 is 15.8 Å². The average molecular weight is 497 g/mol. The van der Waals surface area contributed by atoms with Crippen LogP contribution in [0.25, 0.3) is 11.1 Å². The third-order valence-electron chi connectivity index (χ3n) is 6.01. The lowest BCUT2D eigenvalue weighted by Gasteiger charge is -2.28. The van der Waals surface area contributed by atoms with E-state index in [0.717, 1.165) is 35.9 Å². The summed E-state index contributed by atoms with van der Waals surface area (Å²) in [6.45, 7) is 1.53. The number of nitrogens with one attached hydrogen (secondary N) is 1. The number of rotatable bonds is 9. The molecule has 0 saturated carbocycles. The van der Waals surface area contributed by atoms with Crippen LogP contribution in [0.5, 0.6) is 5.75 Å². The van der Waals surface area contributed by atoms with E-state index in [-0.39, 0.29) is 18.5 Å². The molecule has 1 aromatic heterocycles. The van der Waals surface area contributed by atoms with E-state index in [1.165, 1.54) is 14.0 Å². The number of pyridine rings is 1. The highest BCUT2D eigenvalue weighted by atomic mass is 32.2. The molecule has 1 amide bonds. The first-order valence-corrected chi connectivity index (χ1v) is 12.8. The number of ether oxygens (including phenoxy) is 2. The molecule has 2 heterocycles. The maximum Gasteiger partial charge on any atom is 0.264 e. The Morgan fingerprint density at radius 1 is 1.32 bits per heavy atom. The van der Waals surface area contributed by atoms with E-state index in [2.05, 4.69) is 5.48 Å². The van der Waals surface area contributed by atoms with Crippen molar-refractivity contribution in [3.05, 3.63) is 52.7 Å². The summed E-state index contributed by atoms with van der Waals surface area (Å²) in [4.78, 5) is 30.7. The van der Waals surface area contributed by atoms with Crippen LogP contribution in [-0.2, 0) is 30.8 Å². The predicted molar refractivity (Wildman–Crippen MR) is 123 cm³/mol. The van der Waals surface area contributed by atoms with E-state index >= 15 is 0 Å². The van der Waals surface area contributed by atoms with Gasteiger partial charge in [-0.25, -0.2) is 23.1 Å². The van der Waals surface area contributed by atoms with Gasteiger partial charge in [-0.2, -0.15) is 0 Å². The van der Waals surface area contributed by atoms with Crippen molar-refractivity contribution in [2.45, 2.75) is 50.2 Å². The lowest BCUT2D eigenvalue weighted by molar-refractivity contribution is -0.201. The Kier molecular flexibility index (Phi) is 8.11. The zero-order valence-electron chi connectivity index (χ0n) is 19.4. The fourth-order valence-corrected chi connectivity index (χ4v) is 4.40. The van der Waals surface area contributed by atoms with Gasteiger partial charge in [-0.1, -0.05) is 12.1 Å². The van der Waals surface area contributed by atoms with E-state index in [0.29, 0.717) is 24.3 Å². The molecule has 2 atom stereocenters. The van der Waals surface area contributed by atoms with Crippen molar-refractivity contribution in [3.63, 3.8) is 0 Å². The van der Waals surface area contributed by atoms with E-state index < -0.39 is 38.2 Å². The number of hydroxylamine groups is 1. The lowest BCUT2D eigenvalue weighted by Crippen LogP contribution is -2.51. The van der Waals surface area contributed by atoms with Crippen molar-refractivity contribution < 1.29 is 31.9 Å². The fourth-order valence-electron chi connectivity index (χ4n) is 3.56. The standard InChI is InChI=1S/C23H29FN2O7S/c1-23(34(3,29)30,22(28)25-33-21-9-4-5-12-32-21)10-11-26-15-19(24)18(14-20(26)27)16-7-6-8-17(13-16)31-2/h6-8,13-15,21H,4-5,9-12H2,1-3H3,(H,25,28)/t21?,23-/m1/s1. The van der Waals surface area contributed by atoms with Crippen LogP contribution in [0.15, 0.2) is 41.3 Å². The first-order chi connectivity index (χ1) is 16.0. The maximum atomic E-state index is 14.9. The van der Waals surface area contributed by atoms with E-state index in [1.54, 1.807) is 24.3 Å². The number of hydrogen-bond acceptors (Lipinski definition) is 7. The zero-order chi connectivity index (χ0) is 24.9. The van der Waals surface area contributed by atoms with Crippen molar-refractivity contribution in [2.24, 2.45) is 0 Å². The van der Waals surface area contributed by atoms with Gasteiger partial charge >= 0.3 is 0 Å². The summed E-state index contributed by atoms with van der Waals surface area (Å²) in [5, 5.41) is 0. The topological polar surface area (TPSA) is 113 Å². The first kappa shape index (κ1) is 25.9. The number of aryl methyl sites for hydroxylation is 1. The van der Waals surface area contributed by atoms with Gasteiger partial charge in [-0.05, 0) is 43.9 Å². The Balaban J connectivity index is 1.77. The quantitative estimate of drug-likeness (QED) is 0.531. The Morgan fingerprint density at radius 3 is 2.74 bits per heavy atom. The predicted octanol–water partition coefficient (Wildman–Crippen LogP) is 2.43. The minimum Gasteiger partial charge on any atom is -0.497 e. The average Bonchev–Trinajstić information content (AvgIpc) is 2.82. The molecule has 186 valence electrons. The van der Waals surface area contributed by atoms with Crippen LogP contribution in [0.4, 0.5) is 4.39 Å². The molecule has 3 rings (SSSR count). The first-order valence-electron chi connectivity index (χ1n) is 10.9. The number of methoxy groups -OCH3 is 1. The summed E-state index contributed by atoms with van der Waals surface area (Å²) in [7, 11) is -2.44. The molecule has 0 radical (unpaired) electrons. The lowest BCUT2D eigenvalue weighted by atomic mass is 10.1. The van der Waals surface area contributed by atoms with E-state index in [9.17, 15) is 22.4 Å². The number of amides is 1. The van der Waals surface area contributed by atoms with Gasteiger partial charge in [0, 0.05) is 43.7 Å². The highest BCUT2D eigenvalue weighted by Crippen LogP contribution is 2.26. The minimum atomic E-state index is -3.92. The third kappa shape index (κ3) is 5.83. The molecule has 1 N–H and O–H groups in total. The summed E-state index contributed by atoms with van der Waals surface area (Å²) in [5.41, 5.74) is 2.20. The number of nitrogens with zero attached hydrogens (tertiary/aromatic N) is 1. The number of carbonyl (C=O) groups is 1. The normalized spacial score (nSPS) is 18.2. The molecule has 0 spiro atoms. The van der Waals surface area contributed by atoms with Gasteiger partial charge in [0.2, 0.25) is 0 Å². The van der Waals surface area contributed by atoms with E-state index in [1.807, 2.05) is 0 Å². The minimum absolute atomic E-state index is 0.0876. The molecule has 11 heteroatoms. The van der Waals surface area contributed by atoms with Crippen LogP contribution in [0, 0.1) is 5.82 Å². The van der Waals surface area contributed by atoms with Crippen molar-refractivity contribution in [1.82, 2.24) is 10.0 Å². The molecular weight excluding hydrogens is 467 g/mol. The molecule has 9 nitrogen and oxygen atoms in total.